The van der Waals surface area contributed by atoms with E-state index in [1.165, 1.54) is 16.6 Å². The predicted molar refractivity (Wildman–Crippen MR) is 92.4 cm³/mol. The Labute approximate surface area is 147 Å². The lowest BCUT2D eigenvalue weighted by molar-refractivity contribution is -0.117. The number of aryl methyl sites for hydroxylation is 1. The van der Waals surface area contributed by atoms with E-state index < -0.39 is 15.9 Å². The maximum Gasteiger partial charge on any atom is 0.294 e. The molecule has 1 aromatic rings. The van der Waals surface area contributed by atoms with Crippen LogP contribution in [-0.4, -0.2) is 44.9 Å². The number of rotatable bonds is 4. The maximum atomic E-state index is 12.9. The Morgan fingerprint density at radius 3 is 2.60 bits per heavy atom. The molecular formula is C17H22N2O5S. The normalized spacial score (nSPS) is 18.7. The van der Waals surface area contributed by atoms with Gasteiger partial charge in [-0.15, -0.1) is 0 Å². The molecule has 0 aliphatic carbocycles. The topological polar surface area (TPSA) is 84.9 Å². The van der Waals surface area contributed by atoms with Gasteiger partial charge in [0, 0.05) is 18.8 Å². The Morgan fingerprint density at radius 2 is 1.92 bits per heavy atom. The van der Waals surface area contributed by atoms with Crippen molar-refractivity contribution in [2.45, 2.75) is 31.1 Å². The van der Waals surface area contributed by atoms with Gasteiger partial charge in [-0.05, 0) is 37.5 Å². The van der Waals surface area contributed by atoms with Crippen molar-refractivity contribution in [1.82, 2.24) is 4.31 Å². The van der Waals surface area contributed by atoms with E-state index in [4.69, 9.17) is 9.47 Å². The van der Waals surface area contributed by atoms with Gasteiger partial charge < -0.3 is 14.8 Å². The van der Waals surface area contributed by atoms with Crippen LogP contribution in [0.1, 0.15) is 24.8 Å². The summed E-state index contributed by atoms with van der Waals surface area (Å²) < 4.78 is 37.6. The number of carbonyl (C=O) groups excluding carboxylic acids is 1. The monoisotopic (exact) mass is 366 g/mol. The van der Waals surface area contributed by atoms with Gasteiger partial charge in [-0.3, -0.25) is 4.79 Å². The van der Waals surface area contributed by atoms with Crippen LogP contribution in [0.2, 0.25) is 0 Å². The molecular weight excluding hydrogens is 344 g/mol. The predicted octanol–water partition coefficient (Wildman–Crippen LogP) is 2.00. The number of sulfonamides is 1. The Kier molecular flexibility index (Phi) is 5.29. The molecule has 1 amide bonds. The van der Waals surface area contributed by atoms with Gasteiger partial charge in [0.05, 0.1) is 4.90 Å². The molecule has 2 aliphatic rings. The molecule has 7 nitrogen and oxygen atoms in total. The fraction of sp³-hybridized carbons (Fsp3) is 0.471. The third kappa shape index (κ3) is 3.96. The van der Waals surface area contributed by atoms with Crippen LogP contribution in [-0.2, 0) is 24.3 Å². The first kappa shape index (κ1) is 17.8. The van der Waals surface area contributed by atoms with Crippen LogP contribution in [0.5, 0.6) is 0 Å². The summed E-state index contributed by atoms with van der Waals surface area (Å²) >= 11 is 0. The van der Waals surface area contributed by atoms with Crippen LogP contribution in [0.15, 0.2) is 35.1 Å². The Bertz CT molecular complexity index is 782. The second-order valence-corrected chi connectivity index (χ2v) is 8.01. The first-order chi connectivity index (χ1) is 12.0. The lowest BCUT2D eigenvalue weighted by atomic mass is 10.2. The second-order valence-electron chi connectivity index (χ2n) is 6.10. The zero-order valence-electron chi connectivity index (χ0n) is 14.2. The SMILES string of the molecule is Cc1ccc(NC(=O)C2=COCCO2)cc1S(=O)(=O)N1CCCCC1. The molecule has 1 saturated heterocycles. The maximum absolute atomic E-state index is 12.9. The lowest BCUT2D eigenvalue weighted by Gasteiger charge is -2.26. The van der Waals surface area contributed by atoms with E-state index in [-0.39, 0.29) is 10.7 Å². The van der Waals surface area contributed by atoms with Gasteiger partial charge in [0.15, 0.2) is 0 Å². The van der Waals surface area contributed by atoms with Crippen molar-refractivity contribution in [2.75, 3.05) is 31.6 Å². The van der Waals surface area contributed by atoms with Crippen LogP contribution in [0.4, 0.5) is 5.69 Å². The zero-order chi connectivity index (χ0) is 17.9. The molecule has 3 rings (SSSR count). The van der Waals surface area contributed by atoms with Crippen LogP contribution < -0.4 is 5.32 Å². The van der Waals surface area contributed by atoms with Crippen molar-refractivity contribution < 1.29 is 22.7 Å². The van der Waals surface area contributed by atoms with Crippen molar-refractivity contribution in [3.63, 3.8) is 0 Å². The van der Waals surface area contributed by atoms with Gasteiger partial charge in [0.25, 0.3) is 5.91 Å². The minimum absolute atomic E-state index is 0.0762. The molecule has 1 N–H and O–H groups in total. The molecule has 1 fully saturated rings. The van der Waals surface area contributed by atoms with Crippen molar-refractivity contribution in [1.29, 1.82) is 0 Å². The quantitative estimate of drug-likeness (QED) is 0.881. The summed E-state index contributed by atoms with van der Waals surface area (Å²) in [6.45, 7) is 3.54. The van der Waals surface area contributed by atoms with Crippen molar-refractivity contribution in [2.24, 2.45) is 0 Å². The third-order valence-corrected chi connectivity index (χ3v) is 6.29. The van der Waals surface area contributed by atoms with Crippen molar-refractivity contribution >= 4 is 21.6 Å². The first-order valence-corrected chi connectivity index (χ1v) is 9.79. The number of benzene rings is 1. The fourth-order valence-corrected chi connectivity index (χ4v) is 4.65. The van der Waals surface area contributed by atoms with Crippen molar-refractivity contribution in [3.8, 4) is 0 Å². The van der Waals surface area contributed by atoms with Crippen LogP contribution in [0.25, 0.3) is 0 Å². The van der Waals surface area contributed by atoms with Gasteiger partial charge in [0.2, 0.25) is 15.8 Å². The molecule has 0 unspecified atom stereocenters. The molecule has 25 heavy (non-hydrogen) atoms. The molecule has 0 radical (unpaired) electrons. The highest BCUT2D eigenvalue weighted by atomic mass is 32.2. The molecule has 2 heterocycles. The lowest BCUT2D eigenvalue weighted by Crippen LogP contribution is -2.36. The van der Waals surface area contributed by atoms with E-state index in [2.05, 4.69) is 5.32 Å². The van der Waals surface area contributed by atoms with Crippen LogP contribution in [0, 0.1) is 6.92 Å². The minimum Gasteiger partial charge on any atom is -0.494 e. The molecule has 0 spiro atoms. The summed E-state index contributed by atoms with van der Waals surface area (Å²) in [7, 11) is -3.56. The first-order valence-electron chi connectivity index (χ1n) is 8.35. The van der Waals surface area contributed by atoms with Gasteiger partial charge >= 0.3 is 0 Å². The second kappa shape index (κ2) is 7.45. The minimum atomic E-state index is -3.56. The molecule has 0 aromatic heterocycles. The highest BCUT2D eigenvalue weighted by molar-refractivity contribution is 7.89. The number of amides is 1. The molecule has 8 heteroatoms. The smallest absolute Gasteiger partial charge is 0.294 e. The van der Waals surface area contributed by atoms with E-state index >= 15 is 0 Å². The standard InChI is InChI=1S/C17H22N2O5S/c1-13-5-6-14(18-17(20)15-12-23-9-10-24-15)11-16(13)25(21,22)19-7-3-2-4-8-19/h5-6,11-12H,2-4,7-10H2,1H3,(H,18,20). The van der Waals surface area contributed by atoms with E-state index in [0.717, 1.165) is 19.3 Å². The fourth-order valence-electron chi connectivity index (χ4n) is 2.88. The summed E-state index contributed by atoms with van der Waals surface area (Å²) in [6.07, 6.45) is 4.07. The Morgan fingerprint density at radius 1 is 1.16 bits per heavy atom. The van der Waals surface area contributed by atoms with E-state index in [9.17, 15) is 13.2 Å². The van der Waals surface area contributed by atoms with Crippen molar-refractivity contribution in [3.05, 3.63) is 35.8 Å². The number of nitrogens with zero attached hydrogens (tertiary/aromatic N) is 1. The van der Waals surface area contributed by atoms with Gasteiger partial charge in [-0.25, -0.2) is 8.42 Å². The number of nitrogens with one attached hydrogen (secondary N) is 1. The summed E-state index contributed by atoms with van der Waals surface area (Å²) in [6, 6.07) is 4.87. The largest absolute Gasteiger partial charge is 0.494 e. The molecule has 136 valence electrons. The summed E-state index contributed by atoms with van der Waals surface area (Å²) in [5.74, 6) is -0.392. The Balaban J connectivity index is 1.82. The third-order valence-electron chi connectivity index (χ3n) is 4.25. The average Bonchev–Trinajstić information content (AvgIpc) is 2.64. The number of carbonyl (C=O) groups is 1. The highest BCUT2D eigenvalue weighted by Gasteiger charge is 2.28. The van der Waals surface area contributed by atoms with Gasteiger partial charge in [0.1, 0.15) is 19.5 Å². The molecule has 0 atom stereocenters. The number of anilines is 1. The molecule has 2 aliphatic heterocycles. The summed E-state index contributed by atoms with van der Waals surface area (Å²) in [5.41, 5.74) is 1.06. The Hall–Kier alpha value is -2.06. The molecule has 0 bridgehead atoms. The van der Waals surface area contributed by atoms with Crippen LogP contribution >= 0.6 is 0 Å². The number of hydrogen-bond acceptors (Lipinski definition) is 5. The number of ether oxygens (including phenoxy) is 2. The van der Waals surface area contributed by atoms with Crippen LogP contribution in [0.3, 0.4) is 0 Å². The highest BCUT2D eigenvalue weighted by Crippen LogP contribution is 2.26. The number of piperidine rings is 1. The van der Waals surface area contributed by atoms with E-state index in [1.807, 2.05) is 0 Å². The average molecular weight is 366 g/mol. The summed E-state index contributed by atoms with van der Waals surface area (Å²) in [4.78, 5) is 12.4. The molecule has 1 aromatic carbocycles. The van der Waals surface area contributed by atoms with Gasteiger partial charge in [-0.2, -0.15) is 4.31 Å². The zero-order valence-corrected chi connectivity index (χ0v) is 15.0. The molecule has 0 saturated carbocycles. The number of hydrogen-bond donors (Lipinski definition) is 1. The summed E-state index contributed by atoms with van der Waals surface area (Å²) in [5, 5.41) is 2.66. The van der Waals surface area contributed by atoms with E-state index in [1.54, 1.807) is 19.1 Å². The van der Waals surface area contributed by atoms with Gasteiger partial charge in [-0.1, -0.05) is 12.5 Å². The van der Waals surface area contributed by atoms with E-state index in [0.29, 0.717) is 37.6 Å².